The maximum atomic E-state index is 12.8. The topological polar surface area (TPSA) is 38.8 Å². The van der Waals surface area contributed by atoms with Crippen molar-refractivity contribution in [1.29, 1.82) is 0 Å². The van der Waals surface area contributed by atoms with Gasteiger partial charge in [0.1, 0.15) is 11.5 Å². The number of ether oxygens (including phenoxy) is 2. The first-order valence-corrected chi connectivity index (χ1v) is 9.38. The lowest BCUT2D eigenvalue weighted by molar-refractivity contribution is -0.126. The number of halogens is 1. The number of carbonyl (C=O) groups excluding carboxylic acids is 1. The molecule has 136 valence electrons. The molecule has 1 saturated heterocycles. The van der Waals surface area contributed by atoms with Crippen LogP contribution in [0.15, 0.2) is 53.0 Å². The molecule has 26 heavy (non-hydrogen) atoms. The summed E-state index contributed by atoms with van der Waals surface area (Å²) < 4.78 is 11.8. The Hall–Kier alpha value is -2.27. The van der Waals surface area contributed by atoms with Crippen molar-refractivity contribution in [3.8, 4) is 11.5 Å². The fraction of sp³-hybridized carbons (Fsp3) is 0.286. The molecule has 0 aromatic heterocycles. The number of hydrogen-bond acceptors (Lipinski definition) is 3. The fourth-order valence-electron chi connectivity index (χ4n) is 3.32. The van der Waals surface area contributed by atoms with E-state index in [0.29, 0.717) is 0 Å². The predicted molar refractivity (Wildman–Crippen MR) is 106 cm³/mol. The number of hydrogen-bond donors (Lipinski definition) is 0. The van der Waals surface area contributed by atoms with Gasteiger partial charge in [-0.1, -0.05) is 34.1 Å². The minimum absolute atomic E-state index is 0.00332. The summed E-state index contributed by atoms with van der Waals surface area (Å²) in [6, 6.07) is 13.6. The van der Waals surface area contributed by atoms with Gasteiger partial charge in [0, 0.05) is 22.7 Å². The average molecular weight is 416 g/mol. The molecule has 4 nitrogen and oxygen atoms in total. The molecular weight excluding hydrogens is 394 g/mol. The van der Waals surface area contributed by atoms with E-state index in [1.165, 1.54) is 0 Å². The largest absolute Gasteiger partial charge is 0.497 e. The zero-order chi connectivity index (χ0) is 18.5. The van der Waals surface area contributed by atoms with Crippen LogP contribution in [0.3, 0.4) is 0 Å². The number of amides is 1. The van der Waals surface area contributed by atoms with Crippen molar-refractivity contribution in [2.45, 2.75) is 18.9 Å². The van der Waals surface area contributed by atoms with Gasteiger partial charge in [-0.05, 0) is 48.7 Å². The minimum Gasteiger partial charge on any atom is -0.497 e. The number of benzene rings is 2. The molecule has 0 spiro atoms. The van der Waals surface area contributed by atoms with Gasteiger partial charge in [-0.15, -0.1) is 0 Å². The van der Waals surface area contributed by atoms with Gasteiger partial charge in [0.2, 0.25) is 5.91 Å². The van der Waals surface area contributed by atoms with Crippen LogP contribution < -0.4 is 9.47 Å². The monoisotopic (exact) mass is 415 g/mol. The summed E-state index contributed by atoms with van der Waals surface area (Å²) >= 11 is 3.51. The molecule has 1 fully saturated rings. The van der Waals surface area contributed by atoms with Crippen LogP contribution in [-0.2, 0) is 4.79 Å². The van der Waals surface area contributed by atoms with Gasteiger partial charge >= 0.3 is 0 Å². The lowest BCUT2D eigenvalue weighted by atomic mass is 10.0. The van der Waals surface area contributed by atoms with Gasteiger partial charge in [0.15, 0.2) is 0 Å². The van der Waals surface area contributed by atoms with E-state index in [1.54, 1.807) is 20.3 Å². The summed E-state index contributed by atoms with van der Waals surface area (Å²) in [6.45, 7) is 0.740. The third kappa shape index (κ3) is 3.93. The van der Waals surface area contributed by atoms with Gasteiger partial charge < -0.3 is 14.4 Å². The Kier molecular flexibility index (Phi) is 5.99. The van der Waals surface area contributed by atoms with Gasteiger partial charge in [0.25, 0.3) is 0 Å². The molecule has 1 atom stereocenters. The van der Waals surface area contributed by atoms with E-state index in [1.807, 2.05) is 53.4 Å². The molecule has 0 bridgehead atoms. The zero-order valence-corrected chi connectivity index (χ0v) is 16.5. The van der Waals surface area contributed by atoms with Crippen molar-refractivity contribution in [2.75, 3.05) is 20.8 Å². The molecular formula is C21H22BrNO3. The minimum atomic E-state index is -0.00332. The Bertz CT molecular complexity index is 819. The van der Waals surface area contributed by atoms with Crippen molar-refractivity contribution in [3.05, 3.63) is 64.1 Å². The second-order valence-electron chi connectivity index (χ2n) is 6.15. The summed E-state index contributed by atoms with van der Waals surface area (Å²) in [5.41, 5.74) is 1.97. The van der Waals surface area contributed by atoms with Crippen LogP contribution in [0.5, 0.6) is 11.5 Å². The normalized spacial score (nSPS) is 16.9. The van der Waals surface area contributed by atoms with Crippen molar-refractivity contribution >= 4 is 27.9 Å². The first-order chi connectivity index (χ1) is 12.6. The SMILES string of the molecule is COc1ccc(OC)c([C@@H]2CCCN2C(=O)/C=C\c2ccccc2Br)c1. The molecule has 3 rings (SSSR count). The summed E-state index contributed by atoms with van der Waals surface area (Å²) in [6.07, 6.45) is 5.38. The van der Waals surface area contributed by atoms with Crippen molar-refractivity contribution in [1.82, 2.24) is 4.90 Å². The predicted octanol–water partition coefficient (Wildman–Crippen LogP) is 4.84. The molecule has 1 aliphatic heterocycles. The van der Waals surface area contributed by atoms with Crippen molar-refractivity contribution in [3.63, 3.8) is 0 Å². The van der Waals surface area contributed by atoms with Gasteiger partial charge in [0.05, 0.1) is 20.3 Å². The lowest BCUT2D eigenvalue weighted by Crippen LogP contribution is -2.29. The Morgan fingerprint density at radius 3 is 2.73 bits per heavy atom. The van der Waals surface area contributed by atoms with Crippen LogP contribution in [0, 0.1) is 0 Å². The summed E-state index contributed by atoms with van der Waals surface area (Å²) in [7, 11) is 3.29. The fourth-order valence-corrected chi connectivity index (χ4v) is 3.74. The number of rotatable bonds is 5. The molecule has 5 heteroatoms. The molecule has 0 radical (unpaired) electrons. The quantitative estimate of drug-likeness (QED) is 0.655. The third-order valence-electron chi connectivity index (χ3n) is 4.64. The van der Waals surface area contributed by atoms with Crippen LogP contribution in [0.25, 0.3) is 6.08 Å². The van der Waals surface area contributed by atoms with E-state index in [0.717, 1.165) is 46.5 Å². The van der Waals surface area contributed by atoms with E-state index < -0.39 is 0 Å². The molecule has 1 heterocycles. The highest BCUT2D eigenvalue weighted by atomic mass is 79.9. The summed E-state index contributed by atoms with van der Waals surface area (Å²) in [5, 5.41) is 0. The lowest BCUT2D eigenvalue weighted by Gasteiger charge is -2.25. The van der Waals surface area contributed by atoms with Gasteiger partial charge in [-0.25, -0.2) is 0 Å². The average Bonchev–Trinajstić information content (AvgIpc) is 3.16. The van der Waals surface area contributed by atoms with Crippen LogP contribution in [0.2, 0.25) is 0 Å². The second-order valence-corrected chi connectivity index (χ2v) is 7.01. The highest BCUT2D eigenvalue weighted by molar-refractivity contribution is 9.10. The van der Waals surface area contributed by atoms with E-state index >= 15 is 0 Å². The Balaban J connectivity index is 1.84. The third-order valence-corrected chi connectivity index (χ3v) is 5.36. The molecule has 0 unspecified atom stereocenters. The second kappa shape index (κ2) is 8.41. The van der Waals surface area contributed by atoms with Crippen LogP contribution in [0.4, 0.5) is 0 Å². The van der Waals surface area contributed by atoms with E-state index in [-0.39, 0.29) is 11.9 Å². The number of carbonyl (C=O) groups is 1. The number of likely N-dealkylation sites (tertiary alicyclic amines) is 1. The van der Waals surface area contributed by atoms with Gasteiger partial charge in [-0.2, -0.15) is 0 Å². The Morgan fingerprint density at radius 2 is 2.00 bits per heavy atom. The molecule has 0 aliphatic carbocycles. The molecule has 2 aromatic rings. The number of nitrogens with zero attached hydrogens (tertiary/aromatic N) is 1. The first kappa shape index (κ1) is 18.5. The molecule has 1 aliphatic rings. The van der Waals surface area contributed by atoms with Crippen molar-refractivity contribution < 1.29 is 14.3 Å². The van der Waals surface area contributed by atoms with Crippen molar-refractivity contribution in [2.24, 2.45) is 0 Å². The van der Waals surface area contributed by atoms with E-state index in [2.05, 4.69) is 15.9 Å². The highest BCUT2D eigenvalue weighted by Crippen LogP contribution is 2.39. The smallest absolute Gasteiger partial charge is 0.247 e. The van der Waals surface area contributed by atoms with Gasteiger partial charge in [-0.3, -0.25) is 4.79 Å². The van der Waals surface area contributed by atoms with E-state index in [9.17, 15) is 4.79 Å². The Morgan fingerprint density at radius 1 is 1.19 bits per heavy atom. The maximum absolute atomic E-state index is 12.8. The highest BCUT2D eigenvalue weighted by Gasteiger charge is 2.31. The standard InChI is InChI=1S/C21H22BrNO3/c1-25-16-10-11-20(26-2)17(14-16)19-8-5-13-23(19)21(24)12-9-15-6-3-4-7-18(15)22/h3-4,6-7,9-12,14,19H,5,8,13H2,1-2H3/b12-9-/t19-/m0/s1. The Labute approximate surface area is 162 Å². The molecule has 0 N–H and O–H groups in total. The number of methoxy groups -OCH3 is 2. The summed E-state index contributed by atoms with van der Waals surface area (Å²) in [5.74, 6) is 1.56. The molecule has 1 amide bonds. The zero-order valence-electron chi connectivity index (χ0n) is 14.9. The van der Waals surface area contributed by atoms with E-state index in [4.69, 9.17) is 9.47 Å². The van der Waals surface area contributed by atoms with Crippen LogP contribution in [-0.4, -0.2) is 31.6 Å². The van der Waals surface area contributed by atoms with Crippen LogP contribution in [0.1, 0.15) is 30.0 Å². The maximum Gasteiger partial charge on any atom is 0.247 e. The molecule has 0 saturated carbocycles. The summed E-state index contributed by atoms with van der Waals surface area (Å²) in [4.78, 5) is 14.7. The molecule has 2 aromatic carbocycles. The first-order valence-electron chi connectivity index (χ1n) is 8.59. The van der Waals surface area contributed by atoms with Crippen LogP contribution >= 0.6 is 15.9 Å².